The molecule has 0 bridgehead atoms. The van der Waals surface area contributed by atoms with E-state index in [0.29, 0.717) is 5.71 Å². The fourth-order valence-corrected chi connectivity index (χ4v) is 2.80. The van der Waals surface area contributed by atoms with Gasteiger partial charge in [0.05, 0.1) is 0 Å². The molecule has 1 unspecified atom stereocenters. The molecule has 1 aliphatic heterocycles. The van der Waals surface area contributed by atoms with E-state index in [0.717, 1.165) is 29.3 Å². The van der Waals surface area contributed by atoms with E-state index in [1.807, 2.05) is 26.2 Å². The lowest BCUT2D eigenvalue weighted by Crippen LogP contribution is -2.19. The highest BCUT2D eigenvalue weighted by Gasteiger charge is 2.18. The first-order chi connectivity index (χ1) is 10.1. The molecular formula is C17H26N4. The summed E-state index contributed by atoms with van der Waals surface area (Å²) in [7, 11) is 4.05. The quantitative estimate of drug-likeness (QED) is 0.705. The van der Waals surface area contributed by atoms with Crippen LogP contribution in [0.15, 0.2) is 30.5 Å². The van der Waals surface area contributed by atoms with Crippen LogP contribution in [0, 0.1) is 11.3 Å². The van der Waals surface area contributed by atoms with Gasteiger partial charge >= 0.3 is 0 Å². The summed E-state index contributed by atoms with van der Waals surface area (Å²) in [6.07, 6.45) is 3.15. The predicted molar refractivity (Wildman–Crippen MR) is 91.0 cm³/mol. The number of rotatable bonds is 6. The van der Waals surface area contributed by atoms with E-state index >= 15 is 0 Å². The number of benzene rings is 1. The highest BCUT2D eigenvalue weighted by Crippen LogP contribution is 2.21. The maximum atomic E-state index is 7.89. The van der Waals surface area contributed by atoms with Gasteiger partial charge in [0, 0.05) is 43.3 Å². The summed E-state index contributed by atoms with van der Waals surface area (Å²) in [4.78, 5) is 2.38. The summed E-state index contributed by atoms with van der Waals surface area (Å²) >= 11 is 0. The second-order valence-electron chi connectivity index (χ2n) is 5.85. The van der Waals surface area contributed by atoms with Gasteiger partial charge in [0.25, 0.3) is 0 Å². The molecule has 0 aromatic heterocycles. The Hall–Kier alpha value is -1.81. The molecule has 0 spiro atoms. The largest absolute Gasteiger partial charge is 0.393 e. The second-order valence-corrected chi connectivity index (χ2v) is 5.85. The van der Waals surface area contributed by atoms with Crippen molar-refractivity contribution in [1.82, 2.24) is 10.2 Å². The van der Waals surface area contributed by atoms with Crippen molar-refractivity contribution in [3.8, 4) is 0 Å². The zero-order valence-electron chi connectivity index (χ0n) is 13.2. The Morgan fingerprint density at radius 1 is 1.48 bits per heavy atom. The Morgan fingerprint density at radius 2 is 2.29 bits per heavy atom. The molecular weight excluding hydrogens is 260 g/mol. The average molecular weight is 286 g/mol. The molecule has 1 aromatic carbocycles. The van der Waals surface area contributed by atoms with Crippen LogP contribution in [0.3, 0.4) is 0 Å². The fourth-order valence-electron chi connectivity index (χ4n) is 2.80. The Kier molecular flexibility index (Phi) is 5.39. The van der Waals surface area contributed by atoms with Crippen molar-refractivity contribution in [1.29, 1.82) is 5.41 Å². The lowest BCUT2D eigenvalue weighted by Gasteiger charge is -2.14. The zero-order valence-corrected chi connectivity index (χ0v) is 13.2. The number of allylic oxidation sites excluding steroid dienone is 1. The Labute approximate surface area is 127 Å². The van der Waals surface area contributed by atoms with Crippen molar-refractivity contribution < 1.29 is 0 Å². The van der Waals surface area contributed by atoms with Crippen LogP contribution in [0.2, 0.25) is 0 Å². The lowest BCUT2D eigenvalue weighted by molar-refractivity contribution is 0.399. The monoisotopic (exact) mass is 286 g/mol. The molecule has 1 saturated heterocycles. The number of hydrogen-bond acceptors (Lipinski definition) is 4. The van der Waals surface area contributed by atoms with Crippen LogP contribution in [-0.4, -0.2) is 44.3 Å². The first kappa shape index (κ1) is 15.6. The highest BCUT2D eigenvalue weighted by atomic mass is 15.1. The van der Waals surface area contributed by atoms with Crippen LogP contribution in [0.1, 0.15) is 18.9 Å². The van der Waals surface area contributed by atoms with Crippen LogP contribution in [-0.2, 0) is 0 Å². The molecule has 21 heavy (non-hydrogen) atoms. The molecule has 2 rings (SSSR count). The van der Waals surface area contributed by atoms with Crippen molar-refractivity contribution in [2.24, 2.45) is 5.92 Å². The summed E-state index contributed by atoms with van der Waals surface area (Å²) < 4.78 is 0. The van der Waals surface area contributed by atoms with Crippen molar-refractivity contribution in [3.63, 3.8) is 0 Å². The maximum absolute atomic E-state index is 7.89. The van der Waals surface area contributed by atoms with Crippen LogP contribution in [0.5, 0.6) is 0 Å². The first-order valence-electron chi connectivity index (χ1n) is 7.56. The molecule has 1 aromatic rings. The fraction of sp³-hybridized carbons (Fsp3) is 0.471. The van der Waals surface area contributed by atoms with Crippen LogP contribution in [0.25, 0.3) is 5.57 Å². The van der Waals surface area contributed by atoms with E-state index in [1.165, 1.54) is 19.5 Å². The van der Waals surface area contributed by atoms with Crippen molar-refractivity contribution in [2.75, 3.05) is 39.0 Å². The van der Waals surface area contributed by atoms with Crippen LogP contribution >= 0.6 is 0 Å². The third-order valence-electron chi connectivity index (χ3n) is 3.95. The summed E-state index contributed by atoms with van der Waals surface area (Å²) in [5.74, 6) is 0.732. The summed E-state index contributed by atoms with van der Waals surface area (Å²) in [5, 5.41) is 14.4. The topological polar surface area (TPSA) is 51.2 Å². The van der Waals surface area contributed by atoms with E-state index in [4.69, 9.17) is 5.41 Å². The maximum Gasteiger partial charge on any atom is 0.0375 e. The van der Waals surface area contributed by atoms with E-state index in [9.17, 15) is 0 Å². The molecule has 0 amide bonds. The number of anilines is 1. The van der Waals surface area contributed by atoms with Gasteiger partial charge in [-0.05, 0) is 50.6 Å². The highest BCUT2D eigenvalue weighted by molar-refractivity contribution is 6.21. The summed E-state index contributed by atoms with van der Waals surface area (Å²) in [6, 6.07) is 8.32. The lowest BCUT2D eigenvalue weighted by atomic mass is 10.0. The van der Waals surface area contributed by atoms with E-state index in [2.05, 4.69) is 40.8 Å². The third kappa shape index (κ3) is 4.33. The van der Waals surface area contributed by atoms with Crippen LogP contribution < -0.4 is 10.6 Å². The van der Waals surface area contributed by atoms with Crippen LogP contribution in [0.4, 0.5) is 5.69 Å². The van der Waals surface area contributed by atoms with Gasteiger partial charge in [0.2, 0.25) is 0 Å². The molecule has 114 valence electrons. The smallest absolute Gasteiger partial charge is 0.0375 e. The summed E-state index contributed by atoms with van der Waals surface area (Å²) in [5.41, 5.74) is 3.70. The van der Waals surface area contributed by atoms with Gasteiger partial charge in [-0.2, -0.15) is 0 Å². The van der Waals surface area contributed by atoms with Gasteiger partial charge < -0.3 is 20.9 Å². The molecule has 4 heteroatoms. The Morgan fingerprint density at radius 3 is 2.90 bits per heavy atom. The zero-order chi connectivity index (χ0) is 15.2. The number of likely N-dealkylation sites (tertiary alicyclic amines) is 1. The minimum Gasteiger partial charge on any atom is -0.393 e. The van der Waals surface area contributed by atoms with E-state index in [-0.39, 0.29) is 0 Å². The SMILES string of the molecule is CN/C=C(\C(C)=N)c1cccc(NCC2CCN(C)C2)c1. The number of hydrogen-bond donors (Lipinski definition) is 3. The third-order valence-corrected chi connectivity index (χ3v) is 3.95. The first-order valence-corrected chi connectivity index (χ1v) is 7.56. The molecule has 0 saturated carbocycles. The molecule has 1 fully saturated rings. The molecule has 1 aliphatic rings. The summed E-state index contributed by atoms with van der Waals surface area (Å²) in [6.45, 7) is 5.21. The molecule has 0 radical (unpaired) electrons. The van der Waals surface area contributed by atoms with Gasteiger partial charge in [0.1, 0.15) is 0 Å². The minimum absolute atomic E-state index is 0.568. The molecule has 4 nitrogen and oxygen atoms in total. The number of nitrogens with one attached hydrogen (secondary N) is 3. The van der Waals surface area contributed by atoms with E-state index in [1.54, 1.807) is 0 Å². The molecule has 3 N–H and O–H groups in total. The van der Waals surface area contributed by atoms with Gasteiger partial charge in [-0.25, -0.2) is 0 Å². The van der Waals surface area contributed by atoms with Gasteiger partial charge in [-0.1, -0.05) is 12.1 Å². The van der Waals surface area contributed by atoms with Crippen molar-refractivity contribution in [2.45, 2.75) is 13.3 Å². The standard InChI is InChI=1S/C17H26N4/c1-13(18)17(11-19-2)15-5-4-6-16(9-15)20-10-14-7-8-21(3)12-14/h4-6,9,11,14,18-20H,7-8,10,12H2,1-3H3/b17-11+,18-13?. The average Bonchev–Trinajstić information content (AvgIpc) is 2.88. The van der Waals surface area contributed by atoms with Crippen molar-refractivity contribution >= 4 is 17.0 Å². The minimum atomic E-state index is 0.568. The molecule has 1 atom stereocenters. The molecule has 1 heterocycles. The second kappa shape index (κ2) is 7.27. The Bertz CT molecular complexity index is 521. The van der Waals surface area contributed by atoms with Gasteiger partial charge in [-0.15, -0.1) is 0 Å². The Balaban J connectivity index is 2.03. The molecule has 0 aliphatic carbocycles. The van der Waals surface area contributed by atoms with Gasteiger partial charge in [-0.3, -0.25) is 0 Å². The van der Waals surface area contributed by atoms with E-state index < -0.39 is 0 Å². The predicted octanol–water partition coefficient (Wildman–Crippen LogP) is 2.65. The normalized spacial score (nSPS) is 19.6. The van der Waals surface area contributed by atoms with Crippen molar-refractivity contribution in [3.05, 3.63) is 36.0 Å². The number of nitrogens with zero attached hydrogens (tertiary/aromatic N) is 1. The van der Waals surface area contributed by atoms with Gasteiger partial charge in [0.15, 0.2) is 0 Å².